The summed E-state index contributed by atoms with van der Waals surface area (Å²) in [4.78, 5) is 23.5. The highest BCUT2D eigenvalue weighted by Crippen LogP contribution is 2.30. The molecular formula is C18H14Cl4N4O4S. The molecule has 0 radical (unpaired) electrons. The molecule has 13 heteroatoms. The van der Waals surface area contributed by atoms with Crippen LogP contribution in [0.15, 0.2) is 34.5 Å². The first-order valence-corrected chi connectivity index (χ1v) is 10.9. The SMILES string of the molecule is O=C(CSCC(=O)N/N=C/c1cc(Cl)cc(Cl)c1O)N/N=C/c1cc(Cl)cc(Cl)c1O. The summed E-state index contributed by atoms with van der Waals surface area (Å²) in [5.74, 6) is -1.48. The number of carbonyl (C=O) groups excluding carboxylic acids is 2. The van der Waals surface area contributed by atoms with Crippen molar-refractivity contribution in [1.29, 1.82) is 0 Å². The van der Waals surface area contributed by atoms with Gasteiger partial charge in [-0.1, -0.05) is 46.4 Å². The largest absolute Gasteiger partial charge is 0.506 e. The number of hydrogen-bond donors (Lipinski definition) is 4. The highest BCUT2D eigenvalue weighted by molar-refractivity contribution is 8.00. The number of nitrogens with zero attached hydrogens (tertiary/aromatic N) is 2. The monoisotopic (exact) mass is 522 g/mol. The molecule has 0 unspecified atom stereocenters. The maximum absolute atomic E-state index is 11.8. The lowest BCUT2D eigenvalue weighted by Crippen LogP contribution is -2.23. The molecule has 0 saturated heterocycles. The smallest absolute Gasteiger partial charge is 0.250 e. The number of rotatable bonds is 8. The van der Waals surface area contributed by atoms with Crippen LogP contribution >= 0.6 is 58.2 Å². The van der Waals surface area contributed by atoms with E-state index in [1.54, 1.807) is 0 Å². The van der Waals surface area contributed by atoms with Gasteiger partial charge in [-0.3, -0.25) is 9.59 Å². The van der Waals surface area contributed by atoms with E-state index in [0.29, 0.717) is 10.0 Å². The van der Waals surface area contributed by atoms with Crippen LogP contribution in [0.25, 0.3) is 0 Å². The summed E-state index contributed by atoms with van der Waals surface area (Å²) in [5.41, 5.74) is 4.96. The van der Waals surface area contributed by atoms with Gasteiger partial charge in [0.25, 0.3) is 0 Å². The van der Waals surface area contributed by atoms with E-state index in [1.807, 2.05) is 0 Å². The molecule has 0 heterocycles. The Bertz CT molecular complexity index is 968. The molecule has 8 nitrogen and oxygen atoms in total. The van der Waals surface area contributed by atoms with Gasteiger partial charge in [0, 0.05) is 21.2 Å². The summed E-state index contributed by atoms with van der Waals surface area (Å²) in [7, 11) is 0. The van der Waals surface area contributed by atoms with Crippen molar-refractivity contribution in [3.8, 4) is 11.5 Å². The van der Waals surface area contributed by atoms with E-state index in [0.717, 1.165) is 11.8 Å². The van der Waals surface area contributed by atoms with Crippen LogP contribution in [0.4, 0.5) is 0 Å². The molecule has 2 rings (SSSR count). The predicted molar refractivity (Wildman–Crippen MR) is 125 cm³/mol. The summed E-state index contributed by atoms with van der Waals surface area (Å²) in [5, 5.41) is 27.7. The van der Waals surface area contributed by atoms with Crippen molar-refractivity contribution in [2.45, 2.75) is 0 Å². The van der Waals surface area contributed by atoms with Crippen molar-refractivity contribution in [3.63, 3.8) is 0 Å². The first-order chi connectivity index (χ1) is 14.7. The molecule has 2 aromatic carbocycles. The molecule has 0 aliphatic heterocycles. The lowest BCUT2D eigenvalue weighted by molar-refractivity contribution is -0.118. The van der Waals surface area contributed by atoms with Gasteiger partial charge < -0.3 is 10.2 Å². The molecule has 0 spiro atoms. The van der Waals surface area contributed by atoms with E-state index in [9.17, 15) is 19.8 Å². The van der Waals surface area contributed by atoms with E-state index in [1.165, 1.54) is 36.7 Å². The summed E-state index contributed by atoms with van der Waals surface area (Å²) in [6.07, 6.45) is 2.38. The molecule has 0 aliphatic rings. The molecule has 0 saturated carbocycles. The van der Waals surface area contributed by atoms with Gasteiger partial charge in [-0.25, -0.2) is 10.9 Å². The zero-order valence-electron chi connectivity index (χ0n) is 15.4. The average molecular weight is 524 g/mol. The molecule has 0 bridgehead atoms. The van der Waals surface area contributed by atoms with Gasteiger partial charge in [-0.2, -0.15) is 10.2 Å². The van der Waals surface area contributed by atoms with Crippen LogP contribution in [0.3, 0.4) is 0 Å². The van der Waals surface area contributed by atoms with Gasteiger partial charge in [0.05, 0.1) is 34.0 Å². The van der Waals surface area contributed by atoms with Crippen LogP contribution in [0.2, 0.25) is 20.1 Å². The molecule has 0 fully saturated rings. The Kier molecular flexibility index (Phi) is 9.73. The molecule has 0 aromatic heterocycles. The lowest BCUT2D eigenvalue weighted by Gasteiger charge is -2.03. The van der Waals surface area contributed by atoms with Crippen molar-refractivity contribution < 1.29 is 19.8 Å². The fourth-order valence-electron chi connectivity index (χ4n) is 2.02. The maximum atomic E-state index is 11.8. The van der Waals surface area contributed by atoms with Crippen LogP contribution in [0.1, 0.15) is 11.1 Å². The minimum Gasteiger partial charge on any atom is -0.506 e. The van der Waals surface area contributed by atoms with Gasteiger partial charge in [0.15, 0.2) is 0 Å². The van der Waals surface area contributed by atoms with Crippen molar-refractivity contribution in [3.05, 3.63) is 55.5 Å². The van der Waals surface area contributed by atoms with Gasteiger partial charge >= 0.3 is 0 Å². The van der Waals surface area contributed by atoms with Crippen LogP contribution in [-0.2, 0) is 9.59 Å². The van der Waals surface area contributed by atoms with E-state index in [4.69, 9.17) is 46.4 Å². The lowest BCUT2D eigenvalue weighted by atomic mass is 10.2. The summed E-state index contributed by atoms with van der Waals surface area (Å²) in [6, 6.07) is 5.59. The number of phenolic OH excluding ortho intramolecular Hbond substituents is 2. The minimum atomic E-state index is -0.469. The Morgan fingerprint density at radius 1 is 0.806 bits per heavy atom. The van der Waals surface area contributed by atoms with Crippen molar-refractivity contribution in [2.75, 3.05) is 11.5 Å². The van der Waals surface area contributed by atoms with Crippen LogP contribution < -0.4 is 10.9 Å². The molecular weight excluding hydrogens is 510 g/mol. The number of hydrazone groups is 2. The number of aromatic hydroxyl groups is 2. The second-order valence-corrected chi connectivity index (χ2v) is 8.40. The maximum Gasteiger partial charge on any atom is 0.250 e. The molecule has 2 aromatic rings. The highest BCUT2D eigenvalue weighted by atomic mass is 35.5. The fourth-order valence-corrected chi connectivity index (χ4v) is 3.64. The van der Waals surface area contributed by atoms with E-state index in [-0.39, 0.29) is 44.2 Å². The van der Waals surface area contributed by atoms with Gasteiger partial charge in [-0.05, 0) is 24.3 Å². The van der Waals surface area contributed by atoms with Crippen molar-refractivity contribution >= 4 is 82.4 Å². The first kappa shape index (κ1) is 25.1. The van der Waals surface area contributed by atoms with Crippen molar-refractivity contribution in [2.24, 2.45) is 10.2 Å². The molecule has 31 heavy (non-hydrogen) atoms. The quantitative estimate of drug-likeness (QED) is 0.307. The molecule has 0 atom stereocenters. The van der Waals surface area contributed by atoms with Gasteiger partial charge in [0.1, 0.15) is 11.5 Å². The van der Waals surface area contributed by atoms with Crippen molar-refractivity contribution in [1.82, 2.24) is 10.9 Å². The van der Waals surface area contributed by atoms with E-state index in [2.05, 4.69) is 21.1 Å². The summed E-state index contributed by atoms with van der Waals surface area (Å²) >= 11 is 24.3. The Labute approximate surface area is 201 Å². The van der Waals surface area contributed by atoms with Crippen LogP contribution in [0, 0.1) is 0 Å². The average Bonchev–Trinajstić information content (AvgIpc) is 2.69. The molecule has 2 amide bonds. The Morgan fingerprint density at radius 3 is 1.58 bits per heavy atom. The zero-order valence-corrected chi connectivity index (χ0v) is 19.2. The Balaban J connectivity index is 1.74. The molecule has 4 N–H and O–H groups in total. The molecule has 164 valence electrons. The summed E-state index contributed by atoms with van der Waals surface area (Å²) < 4.78 is 0. The first-order valence-electron chi connectivity index (χ1n) is 8.25. The second-order valence-electron chi connectivity index (χ2n) is 5.73. The van der Waals surface area contributed by atoms with Crippen LogP contribution in [0.5, 0.6) is 11.5 Å². The third-order valence-electron chi connectivity index (χ3n) is 3.37. The van der Waals surface area contributed by atoms with E-state index >= 15 is 0 Å². The number of amides is 2. The second kappa shape index (κ2) is 12.0. The number of nitrogens with one attached hydrogen (secondary N) is 2. The number of benzene rings is 2. The highest BCUT2D eigenvalue weighted by Gasteiger charge is 2.08. The third kappa shape index (κ3) is 8.12. The predicted octanol–water partition coefficient (Wildman–Crippen LogP) is 4.05. The standard InChI is InChI=1S/C18H14Cl4N4O4S/c19-11-1-9(17(29)13(21)3-11)5-23-25-15(27)7-31-8-16(28)26-24-6-10-2-12(20)4-14(22)18(10)30/h1-6,29-30H,7-8H2,(H,25,27)(H,26,28)/b23-5+,24-6+. The number of carbonyl (C=O) groups is 2. The van der Waals surface area contributed by atoms with Gasteiger partial charge in [0.2, 0.25) is 11.8 Å². The molecule has 0 aliphatic carbocycles. The van der Waals surface area contributed by atoms with E-state index < -0.39 is 11.8 Å². The Hall–Kier alpha value is -2.17. The Morgan fingerprint density at radius 2 is 1.19 bits per heavy atom. The third-order valence-corrected chi connectivity index (χ3v) is 5.31. The zero-order chi connectivity index (χ0) is 23.0. The minimum absolute atomic E-state index is 0.0539. The number of halogens is 4. The summed E-state index contributed by atoms with van der Waals surface area (Å²) in [6.45, 7) is 0. The topological polar surface area (TPSA) is 123 Å². The number of thioether (sulfide) groups is 1. The number of hydrogen-bond acceptors (Lipinski definition) is 7. The normalized spacial score (nSPS) is 11.2. The van der Waals surface area contributed by atoms with Gasteiger partial charge in [-0.15, -0.1) is 11.8 Å². The fraction of sp³-hybridized carbons (Fsp3) is 0.111. The van der Waals surface area contributed by atoms with Crippen LogP contribution in [-0.4, -0.2) is 46.0 Å². The number of phenols is 2.